The van der Waals surface area contributed by atoms with Gasteiger partial charge in [-0.25, -0.2) is 9.07 Å². The van der Waals surface area contributed by atoms with Crippen LogP contribution in [0.4, 0.5) is 16.0 Å². The van der Waals surface area contributed by atoms with Crippen molar-refractivity contribution in [3.8, 4) is 17.2 Å². The standard InChI is InChI=1S/C34H37ClFN5O4S/c1-5-8-18-46-34-39-33-37-21(4)30(32(42)38-26-14-9-10-15-27(26)43-6-2)31(41(33)40-34)22-16-17-28(29(19-22)44-7-3)45-20-23-24(35)12-11-13-25(23)36/h9-17,19,31H,5-8,18,20H2,1-4H3,(H,38,42)(H,37,39,40). The normalized spacial score (nSPS) is 14.0. The van der Waals surface area contributed by atoms with Crippen LogP contribution < -0.4 is 24.8 Å². The van der Waals surface area contributed by atoms with E-state index in [0.29, 0.717) is 58.5 Å². The molecule has 1 unspecified atom stereocenters. The Morgan fingerprint density at radius 3 is 2.57 bits per heavy atom. The molecule has 1 aliphatic rings. The molecule has 0 fully saturated rings. The molecule has 2 N–H and O–H groups in total. The van der Waals surface area contributed by atoms with Gasteiger partial charge in [0.05, 0.1) is 29.5 Å². The zero-order valence-corrected chi connectivity index (χ0v) is 27.8. The Labute approximate surface area is 277 Å². The van der Waals surface area contributed by atoms with Gasteiger partial charge in [0.2, 0.25) is 11.1 Å². The number of benzene rings is 3. The van der Waals surface area contributed by atoms with E-state index >= 15 is 0 Å². The minimum Gasteiger partial charge on any atom is -0.492 e. The van der Waals surface area contributed by atoms with Crippen molar-refractivity contribution >= 4 is 40.9 Å². The Morgan fingerprint density at radius 1 is 1.02 bits per heavy atom. The zero-order chi connectivity index (χ0) is 32.6. The van der Waals surface area contributed by atoms with Crippen molar-refractivity contribution in [1.29, 1.82) is 0 Å². The quantitative estimate of drug-likeness (QED) is 0.103. The molecule has 242 valence electrons. The van der Waals surface area contributed by atoms with Crippen LogP contribution in [0.25, 0.3) is 0 Å². The lowest BCUT2D eigenvalue weighted by Gasteiger charge is -2.29. The van der Waals surface area contributed by atoms with Crippen LogP contribution in [0, 0.1) is 5.82 Å². The first-order valence-electron chi connectivity index (χ1n) is 15.3. The molecule has 9 nitrogen and oxygen atoms in total. The van der Waals surface area contributed by atoms with Crippen molar-refractivity contribution in [2.75, 3.05) is 29.6 Å². The summed E-state index contributed by atoms with van der Waals surface area (Å²) < 4.78 is 33.9. The predicted molar refractivity (Wildman–Crippen MR) is 180 cm³/mol. The number of carbonyl (C=O) groups is 1. The molecule has 5 rings (SSSR count). The number of allylic oxidation sites excluding steroid dienone is 1. The third-order valence-electron chi connectivity index (χ3n) is 7.26. The summed E-state index contributed by atoms with van der Waals surface area (Å²) in [4.78, 5) is 18.8. The summed E-state index contributed by atoms with van der Waals surface area (Å²) in [6.07, 6.45) is 2.10. The number of nitrogens with zero attached hydrogens (tertiary/aromatic N) is 3. The highest BCUT2D eigenvalue weighted by molar-refractivity contribution is 7.99. The van der Waals surface area contributed by atoms with Gasteiger partial charge in [-0.3, -0.25) is 4.79 Å². The number of hydrogen-bond acceptors (Lipinski definition) is 8. The molecular weight excluding hydrogens is 629 g/mol. The van der Waals surface area contributed by atoms with Crippen molar-refractivity contribution in [2.24, 2.45) is 0 Å². The van der Waals surface area contributed by atoms with Gasteiger partial charge in [0.25, 0.3) is 5.91 Å². The Hall–Kier alpha value is -4.22. The molecule has 1 atom stereocenters. The van der Waals surface area contributed by atoms with E-state index in [1.165, 1.54) is 6.07 Å². The number of anilines is 2. The molecule has 0 radical (unpaired) electrons. The number of halogens is 2. The maximum Gasteiger partial charge on any atom is 0.255 e. The minimum atomic E-state index is -0.655. The lowest BCUT2D eigenvalue weighted by Crippen LogP contribution is -2.31. The van der Waals surface area contributed by atoms with E-state index in [4.69, 9.17) is 35.9 Å². The number of para-hydroxylation sites is 2. The van der Waals surface area contributed by atoms with Gasteiger partial charge in [-0.2, -0.15) is 4.98 Å². The van der Waals surface area contributed by atoms with Crippen molar-refractivity contribution in [3.05, 3.63) is 93.9 Å². The van der Waals surface area contributed by atoms with Crippen LogP contribution in [0.5, 0.6) is 17.2 Å². The van der Waals surface area contributed by atoms with Gasteiger partial charge in [-0.15, -0.1) is 5.10 Å². The largest absolute Gasteiger partial charge is 0.492 e. The summed E-state index contributed by atoms with van der Waals surface area (Å²) in [5, 5.41) is 12.1. The SMILES string of the molecule is CCCCSc1nc2n(n1)C(c1ccc(OCc3c(F)cccc3Cl)c(OCC)c1)C(C(=O)Nc1ccccc1OCC)=C(C)N2. The highest BCUT2D eigenvalue weighted by Crippen LogP contribution is 2.41. The fourth-order valence-corrected chi connectivity index (χ4v) is 6.18. The first kappa shape index (κ1) is 33.2. The van der Waals surface area contributed by atoms with Crippen LogP contribution in [-0.4, -0.2) is 39.6 Å². The van der Waals surface area contributed by atoms with Crippen LogP contribution >= 0.6 is 23.4 Å². The topological polar surface area (TPSA) is 99.5 Å². The van der Waals surface area contributed by atoms with Crippen molar-refractivity contribution < 1.29 is 23.4 Å². The molecule has 4 aromatic rings. The predicted octanol–water partition coefficient (Wildman–Crippen LogP) is 8.27. The van der Waals surface area contributed by atoms with E-state index in [2.05, 4.69) is 17.6 Å². The summed E-state index contributed by atoms with van der Waals surface area (Å²) in [5.74, 6) is 2.05. The summed E-state index contributed by atoms with van der Waals surface area (Å²) >= 11 is 7.80. The van der Waals surface area contributed by atoms with Gasteiger partial charge in [0, 0.05) is 17.0 Å². The molecule has 0 saturated heterocycles. The first-order valence-corrected chi connectivity index (χ1v) is 16.6. The second-order valence-electron chi connectivity index (χ2n) is 10.4. The molecule has 1 aromatic heterocycles. The van der Waals surface area contributed by atoms with Gasteiger partial charge < -0.3 is 24.8 Å². The number of ether oxygens (including phenoxy) is 3. The number of thioether (sulfide) groups is 1. The second kappa shape index (κ2) is 15.4. The molecule has 0 saturated carbocycles. The van der Waals surface area contributed by atoms with Crippen LogP contribution in [0.15, 0.2) is 77.1 Å². The third kappa shape index (κ3) is 7.42. The highest BCUT2D eigenvalue weighted by atomic mass is 35.5. The number of carbonyl (C=O) groups excluding carboxylic acids is 1. The summed E-state index contributed by atoms with van der Waals surface area (Å²) in [6, 6.07) is 16.6. The van der Waals surface area contributed by atoms with E-state index in [9.17, 15) is 9.18 Å². The number of rotatable bonds is 14. The Kier molecular flexibility index (Phi) is 11.1. The maximum atomic E-state index is 14.5. The van der Waals surface area contributed by atoms with E-state index < -0.39 is 11.9 Å². The first-order chi connectivity index (χ1) is 22.3. The molecule has 46 heavy (non-hydrogen) atoms. The van der Waals surface area contributed by atoms with Crippen LogP contribution in [0.1, 0.15) is 57.7 Å². The number of aromatic nitrogens is 3. The molecule has 1 aliphatic heterocycles. The van der Waals surface area contributed by atoms with Gasteiger partial charge in [-0.1, -0.05) is 61.0 Å². The summed E-state index contributed by atoms with van der Waals surface area (Å²) in [7, 11) is 0. The van der Waals surface area contributed by atoms with E-state index in [-0.39, 0.29) is 23.1 Å². The zero-order valence-electron chi connectivity index (χ0n) is 26.2. The summed E-state index contributed by atoms with van der Waals surface area (Å²) in [6.45, 7) is 8.46. The molecule has 0 spiro atoms. The fraction of sp³-hybridized carbons (Fsp3) is 0.324. The van der Waals surface area contributed by atoms with Crippen molar-refractivity contribution in [3.63, 3.8) is 0 Å². The van der Waals surface area contributed by atoms with Gasteiger partial charge in [0.1, 0.15) is 24.2 Å². The lowest BCUT2D eigenvalue weighted by molar-refractivity contribution is -0.113. The monoisotopic (exact) mass is 665 g/mol. The van der Waals surface area contributed by atoms with Gasteiger partial charge in [-0.05, 0) is 69.2 Å². The van der Waals surface area contributed by atoms with Crippen molar-refractivity contribution in [1.82, 2.24) is 14.8 Å². The number of unbranched alkanes of at least 4 members (excludes halogenated alkanes) is 1. The Balaban J connectivity index is 1.53. The molecule has 3 aromatic carbocycles. The smallest absolute Gasteiger partial charge is 0.255 e. The third-order valence-corrected chi connectivity index (χ3v) is 8.54. The molecule has 0 bridgehead atoms. The van der Waals surface area contributed by atoms with E-state index in [0.717, 1.165) is 24.2 Å². The van der Waals surface area contributed by atoms with Crippen LogP contribution in [-0.2, 0) is 11.4 Å². The number of amides is 1. The minimum absolute atomic E-state index is 0.0875. The lowest BCUT2D eigenvalue weighted by atomic mass is 9.94. The molecule has 1 amide bonds. The molecule has 12 heteroatoms. The van der Waals surface area contributed by atoms with Crippen LogP contribution in [0.3, 0.4) is 0 Å². The molecule has 2 heterocycles. The second-order valence-corrected chi connectivity index (χ2v) is 11.9. The average Bonchev–Trinajstić information content (AvgIpc) is 3.44. The fourth-order valence-electron chi connectivity index (χ4n) is 5.05. The van der Waals surface area contributed by atoms with E-state index in [1.54, 1.807) is 40.7 Å². The highest BCUT2D eigenvalue weighted by Gasteiger charge is 2.35. The maximum absolute atomic E-state index is 14.5. The van der Waals surface area contributed by atoms with Gasteiger partial charge >= 0.3 is 0 Å². The Morgan fingerprint density at radius 2 is 1.80 bits per heavy atom. The van der Waals surface area contributed by atoms with E-state index in [1.807, 2.05) is 51.1 Å². The molecular formula is C34H37ClFN5O4S. The van der Waals surface area contributed by atoms with Crippen molar-refractivity contribution in [2.45, 2.75) is 58.3 Å². The number of fused-ring (bicyclic) bond motifs is 1. The summed E-state index contributed by atoms with van der Waals surface area (Å²) in [5.41, 5.74) is 2.61. The molecule has 0 aliphatic carbocycles. The average molecular weight is 666 g/mol. The Bertz CT molecular complexity index is 1710. The van der Waals surface area contributed by atoms with Gasteiger partial charge in [0.15, 0.2) is 11.5 Å². The number of hydrogen-bond donors (Lipinski definition) is 2. The number of nitrogens with one attached hydrogen (secondary N) is 2. The van der Waals surface area contributed by atoms with Crippen LogP contribution in [0.2, 0.25) is 5.02 Å².